The van der Waals surface area contributed by atoms with Crippen LogP contribution in [-0.4, -0.2) is 43.6 Å². The van der Waals surface area contributed by atoms with Crippen LogP contribution in [0.2, 0.25) is 0 Å². The highest BCUT2D eigenvalue weighted by Gasteiger charge is 2.24. The minimum Gasteiger partial charge on any atom is -0.293 e. The van der Waals surface area contributed by atoms with Crippen molar-refractivity contribution in [2.75, 3.05) is 12.4 Å². The van der Waals surface area contributed by atoms with Crippen LogP contribution in [0.25, 0.3) is 0 Å². The van der Waals surface area contributed by atoms with Gasteiger partial charge in [-0.2, -0.15) is 4.80 Å². The van der Waals surface area contributed by atoms with Gasteiger partial charge in [0.1, 0.15) is 0 Å². The molecule has 2 heterocycles. The van der Waals surface area contributed by atoms with Crippen molar-refractivity contribution in [3.8, 4) is 0 Å². The minimum atomic E-state index is 0.655. The molecule has 1 atom stereocenters. The predicted octanol–water partition coefficient (Wildman–Crippen LogP) is 1.19. The molecule has 90 valence electrons. The number of rotatable bonds is 5. The first-order valence-electron chi connectivity index (χ1n) is 5.82. The molecule has 0 aromatic carbocycles. The van der Waals surface area contributed by atoms with Crippen molar-refractivity contribution in [1.29, 1.82) is 0 Å². The van der Waals surface area contributed by atoms with Crippen LogP contribution in [0.3, 0.4) is 0 Å². The van der Waals surface area contributed by atoms with Crippen LogP contribution in [-0.2, 0) is 13.6 Å². The van der Waals surface area contributed by atoms with Crippen molar-refractivity contribution in [2.24, 2.45) is 7.05 Å². The van der Waals surface area contributed by atoms with E-state index in [2.05, 4.69) is 20.3 Å². The number of aryl methyl sites for hydroxylation is 1. The second-order valence-corrected chi connectivity index (χ2v) is 4.67. The molecule has 1 aliphatic heterocycles. The quantitative estimate of drug-likeness (QED) is 0.729. The lowest BCUT2D eigenvalue weighted by Crippen LogP contribution is -2.29. The summed E-state index contributed by atoms with van der Waals surface area (Å²) in [6.45, 7) is 1.96. The summed E-state index contributed by atoms with van der Waals surface area (Å²) in [6, 6.07) is 0.655. The fourth-order valence-electron chi connectivity index (χ4n) is 2.31. The zero-order valence-corrected chi connectivity index (χ0v) is 10.4. The number of halogens is 1. The maximum Gasteiger partial charge on any atom is 0.188 e. The van der Waals surface area contributed by atoms with E-state index < -0.39 is 0 Å². The predicted molar refractivity (Wildman–Crippen MR) is 62.2 cm³/mol. The molecule has 1 unspecified atom stereocenters. The van der Waals surface area contributed by atoms with E-state index in [-0.39, 0.29) is 0 Å². The molecular weight excluding hydrogens is 226 g/mol. The Balaban J connectivity index is 1.88. The van der Waals surface area contributed by atoms with Gasteiger partial charge in [-0.25, -0.2) is 0 Å². The van der Waals surface area contributed by atoms with E-state index >= 15 is 0 Å². The standard InChI is InChI=1S/C10H18ClN5/c1-15-13-10(12-14-15)8-16-7-3-5-9(16)4-2-6-11/h9H,2-8H2,1H3. The van der Waals surface area contributed by atoms with Crippen molar-refractivity contribution in [3.05, 3.63) is 5.82 Å². The van der Waals surface area contributed by atoms with Crippen LogP contribution in [0.5, 0.6) is 0 Å². The van der Waals surface area contributed by atoms with Gasteiger partial charge in [0.25, 0.3) is 0 Å². The normalized spacial score (nSPS) is 21.8. The van der Waals surface area contributed by atoms with E-state index in [1.54, 1.807) is 7.05 Å². The minimum absolute atomic E-state index is 0.655. The van der Waals surface area contributed by atoms with Gasteiger partial charge in [0.05, 0.1) is 13.6 Å². The molecule has 0 spiro atoms. The molecular formula is C10H18ClN5. The molecule has 0 amide bonds. The summed E-state index contributed by atoms with van der Waals surface area (Å²) in [4.78, 5) is 3.96. The van der Waals surface area contributed by atoms with Crippen LogP contribution >= 0.6 is 11.6 Å². The van der Waals surface area contributed by atoms with E-state index in [0.717, 1.165) is 31.2 Å². The molecule has 1 fully saturated rings. The molecule has 0 N–H and O–H groups in total. The smallest absolute Gasteiger partial charge is 0.188 e. The van der Waals surface area contributed by atoms with Crippen molar-refractivity contribution < 1.29 is 0 Å². The van der Waals surface area contributed by atoms with Crippen LogP contribution in [0.1, 0.15) is 31.5 Å². The lowest BCUT2D eigenvalue weighted by molar-refractivity contribution is 0.228. The molecule has 0 bridgehead atoms. The molecule has 16 heavy (non-hydrogen) atoms. The van der Waals surface area contributed by atoms with Crippen LogP contribution in [0.4, 0.5) is 0 Å². The summed E-state index contributed by atoms with van der Waals surface area (Å²) >= 11 is 5.73. The zero-order valence-electron chi connectivity index (χ0n) is 9.64. The zero-order chi connectivity index (χ0) is 11.4. The summed E-state index contributed by atoms with van der Waals surface area (Å²) < 4.78 is 0. The Labute approximate surface area is 101 Å². The second-order valence-electron chi connectivity index (χ2n) is 4.29. The van der Waals surface area contributed by atoms with E-state index in [1.165, 1.54) is 24.1 Å². The molecule has 5 nitrogen and oxygen atoms in total. The van der Waals surface area contributed by atoms with E-state index in [4.69, 9.17) is 11.6 Å². The van der Waals surface area contributed by atoms with Gasteiger partial charge in [0.15, 0.2) is 5.82 Å². The first kappa shape index (κ1) is 11.8. The van der Waals surface area contributed by atoms with Crippen molar-refractivity contribution >= 4 is 11.6 Å². The molecule has 0 radical (unpaired) electrons. The molecule has 0 aliphatic carbocycles. The molecule has 1 saturated heterocycles. The number of nitrogens with zero attached hydrogens (tertiary/aromatic N) is 5. The lowest BCUT2D eigenvalue weighted by Gasteiger charge is -2.22. The third-order valence-electron chi connectivity index (χ3n) is 3.06. The fraction of sp³-hybridized carbons (Fsp3) is 0.900. The maximum absolute atomic E-state index is 5.73. The van der Waals surface area contributed by atoms with Crippen molar-refractivity contribution in [2.45, 2.75) is 38.3 Å². The monoisotopic (exact) mass is 243 g/mol. The van der Waals surface area contributed by atoms with Gasteiger partial charge in [-0.15, -0.1) is 21.8 Å². The number of alkyl halides is 1. The van der Waals surface area contributed by atoms with Gasteiger partial charge < -0.3 is 0 Å². The first-order valence-corrected chi connectivity index (χ1v) is 6.36. The third-order valence-corrected chi connectivity index (χ3v) is 3.33. The molecule has 1 aliphatic rings. The Hall–Kier alpha value is -0.680. The van der Waals surface area contributed by atoms with E-state index in [9.17, 15) is 0 Å². The Morgan fingerprint density at radius 3 is 3.06 bits per heavy atom. The average molecular weight is 244 g/mol. The van der Waals surface area contributed by atoms with Crippen molar-refractivity contribution in [3.63, 3.8) is 0 Å². The summed E-state index contributed by atoms with van der Waals surface area (Å²) in [5.41, 5.74) is 0. The second kappa shape index (κ2) is 5.59. The molecule has 2 rings (SSSR count). The number of likely N-dealkylation sites (tertiary alicyclic amines) is 1. The number of tetrazole rings is 1. The summed E-state index contributed by atoms with van der Waals surface area (Å²) in [5, 5.41) is 12.1. The van der Waals surface area contributed by atoms with Gasteiger partial charge in [-0.3, -0.25) is 4.90 Å². The van der Waals surface area contributed by atoms with Crippen LogP contribution in [0.15, 0.2) is 0 Å². The molecule has 6 heteroatoms. The van der Waals surface area contributed by atoms with Crippen LogP contribution in [0, 0.1) is 0 Å². The number of hydrogen-bond donors (Lipinski definition) is 0. The molecule has 1 aromatic rings. The summed E-state index contributed by atoms with van der Waals surface area (Å²) in [5.74, 6) is 1.58. The topological polar surface area (TPSA) is 46.8 Å². The highest BCUT2D eigenvalue weighted by molar-refractivity contribution is 6.17. The highest BCUT2D eigenvalue weighted by Crippen LogP contribution is 2.22. The Bertz CT molecular complexity index is 327. The Morgan fingerprint density at radius 2 is 2.38 bits per heavy atom. The maximum atomic E-state index is 5.73. The molecule has 1 aromatic heterocycles. The number of aromatic nitrogens is 4. The van der Waals surface area contributed by atoms with Gasteiger partial charge in [0.2, 0.25) is 0 Å². The Kier molecular flexibility index (Phi) is 4.12. The Morgan fingerprint density at radius 1 is 1.50 bits per heavy atom. The van der Waals surface area contributed by atoms with Crippen LogP contribution < -0.4 is 0 Å². The summed E-state index contributed by atoms with van der Waals surface area (Å²) in [7, 11) is 1.80. The number of hydrogen-bond acceptors (Lipinski definition) is 4. The summed E-state index contributed by atoms with van der Waals surface area (Å²) in [6.07, 6.45) is 4.82. The SMILES string of the molecule is Cn1nnc(CN2CCCC2CCCCl)n1. The van der Waals surface area contributed by atoms with E-state index in [1.807, 2.05) is 0 Å². The highest BCUT2D eigenvalue weighted by atomic mass is 35.5. The van der Waals surface area contributed by atoms with E-state index in [0.29, 0.717) is 6.04 Å². The first-order chi connectivity index (χ1) is 7.79. The van der Waals surface area contributed by atoms with Gasteiger partial charge >= 0.3 is 0 Å². The fourth-order valence-corrected chi connectivity index (χ4v) is 2.47. The van der Waals surface area contributed by atoms with Crippen molar-refractivity contribution in [1.82, 2.24) is 25.1 Å². The van der Waals surface area contributed by atoms with Gasteiger partial charge in [-0.05, 0) is 37.4 Å². The van der Waals surface area contributed by atoms with Gasteiger partial charge in [-0.1, -0.05) is 0 Å². The lowest BCUT2D eigenvalue weighted by atomic mass is 10.1. The van der Waals surface area contributed by atoms with Gasteiger partial charge in [0, 0.05) is 11.9 Å². The largest absolute Gasteiger partial charge is 0.293 e. The molecule has 0 saturated carbocycles. The average Bonchev–Trinajstić information content (AvgIpc) is 2.86. The third kappa shape index (κ3) is 2.92.